The van der Waals surface area contributed by atoms with Crippen LogP contribution in [0.25, 0.3) is 0 Å². The molecule has 0 aliphatic heterocycles. The summed E-state index contributed by atoms with van der Waals surface area (Å²) in [6, 6.07) is 5.80. The highest BCUT2D eigenvalue weighted by Gasteiger charge is 2.10. The van der Waals surface area contributed by atoms with Crippen molar-refractivity contribution < 1.29 is 4.79 Å². The molecule has 1 aromatic carbocycles. The maximum atomic E-state index is 11.6. The molecule has 5 heteroatoms. The van der Waals surface area contributed by atoms with Crippen molar-refractivity contribution in [2.45, 2.75) is 18.4 Å². The molecule has 1 N–H and O–H groups in total. The Morgan fingerprint density at radius 1 is 1.44 bits per heavy atom. The van der Waals surface area contributed by atoms with Crippen LogP contribution < -0.4 is 5.32 Å². The predicted molar refractivity (Wildman–Crippen MR) is 78.3 cm³/mol. The Morgan fingerprint density at radius 2 is 2.17 bits per heavy atom. The van der Waals surface area contributed by atoms with Gasteiger partial charge in [-0.3, -0.25) is 4.79 Å². The molecule has 0 aliphatic carbocycles. The quantitative estimate of drug-likeness (QED) is 0.816. The fourth-order valence-corrected chi connectivity index (χ4v) is 2.73. The van der Waals surface area contributed by atoms with Gasteiger partial charge in [-0.15, -0.1) is 11.8 Å². The van der Waals surface area contributed by atoms with Gasteiger partial charge in [0.1, 0.15) is 0 Å². The largest absolute Gasteiger partial charge is 0.348 e. The molecule has 0 radical (unpaired) electrons. The van der Waals surface area contributed by atoms with Crippen molar-refractivity contribution in [2.24, 2.45) is 0 Å². The molecule has 0 unspecified atom stereocenters. The molecule has 100 valence electrons. The standard InChI is InChI=1S/C13H19ClN2OS/c1-4-15-8-10-11(14)6-5-7-12(10)18-9-13(17)16(2)3/h5-7,15H,4,8-9H2,1-3H3. The maximum absolute atomic E-state index is 11.6. The minimum atomic E-state index is 0.106. The van der Waals surface area contributed by atoms with Gasteiger partial charge in [-0.25, -0.2) is 0 Å². The molecule has 0 saturated heterocycles. The molecular weight excluding hydrogens is 268 g/mol. The van der Waals surface area contributed by atoms with Crippen molar-refractivity contribution in [2.75, 3.05) is 26.4 Å². The zero-order chi connectivity index (χ0) is 13.5. The van der Waals surface area contributed by atoms with Gasteiger partial charge >= 0.3 is 0 Å². The first kappa shape index (κ1) is 15.3. The van der Waals surface area contributed by atoms with Crippen molar-refractivity contribution in [3.63, 3.8) is 0 Å². The number of carbonyl (C=O) groups is 1. The second-order valence-electron chi connectivity index (χ2n) is 4.07. The van der Waals surface area contributed by atoms with Gasteiger partial charge in [0.25, 0.3) is 0 Å². The van der Waals surface area contributed by atoms with Crippen molar-refractivity contribution in [3.05, 3.63) is 28.8 Å². The van der Waals surface area contributed by atoms with Gasteiger partial charge < -0.3 is 10.2 Å². The van der Waals surface area contributed by atoms with E-state index in [-0.39, 0.29) is 5.91 Å². The monoisotopic (exact) mass is 286 g/mol. The van der Waals surface area contributed by atoms with Crippen LogP contribution in [0.1, 0.15) is 12.5 Å². The molecule has 3 nitrogen and oxygen atoms in total. The van der Waals surface area contributed by atoms with Crippen LogP contribution in [-0.2, 0) is 11.3 Å². The van der Waals surface area contributed by atoms with E-state index in [9.17, 15) is 4.79 Å². The summed E-state index contributed by atoms with van der Waals surface area (Å²) in [7, 11) is 3.53. The number of hydrogen-bond donors (Lipinski definition) is 1. The number of hydrogen-bond acceptors (Lipinski definition) is 3. The number of carbonyl (C=O) groups excluding carboxylic acids is 1. The van der Waals surface area contributed by atoms with Crippen LogP contribution >= 0.6 is 23.4 Å². The van der Waals surface area contributed by atoms with Crippen molar-refractivity contribution in [3.8, 4) is 0 Å². The van der Waals surface area contributed by atoms with Gasteiger partial charge in [-0.05, 0) is 24.2 Å². The molecular formula is C13H19ClN2OS. The summed E-state index contributed by atoms with van der Waals surface area (Å²) in [4.78, 5) is 14.2. The lowest BCUT2D eigenvalue weighted by atomic mass is 10.2. The van der Waals surface area contributed by atoms with Crippen LogP contribution in [0.4, 0.5) is 0 Å². The van der Waals surface area contributed by atoms with E-state index in [1.165, 1.54) is 11.8 Å². The first-order valence-corrected chi connectivity index (χ1v) is 7.23. The summed E-state index contributed by atoms with van der Waals surface area (Å²) >= 11 is 7.73. The normalized spacial score (nSPS) is 10.4. The second-order valence-corrected chi connectivity index (χ2v) is 5.50. The lowest BCUT2D eigenvalue weighted by Gasteiger charge is -2.13. The number of nitrogens with one attached hydrogen (secondary N) is 1. The van der Waals surface area contributed by atoms with Crippen LogP contribution in [0.2, 0.25) is 5.02 Å². The Balaban J connectivity index is 2.75. The second kappa shape index (κ2) is 7.67. The number of halogens is 1. The summed E-state index contributed by atoms with van der Waals surface area (Å²) in [6.07, 6.45) is 0. The zero-order valence-electron chi connectivity index (χ0n) is 11.0. The highest BCUT2D eigenvalue weighted by Crippen LogP contribution is 2.28. The SMILES string of the molecule is CCNCc1c(Cl)cccc1SCC(=O)N(C)C. The summed E-state index contributed by atoms with van der Waals surface area (Å²) < 4.78 is 0. The molecule has 0 atom stereocenters. The van der Waals surface area contributed by atoms with E-state index >= 15 is 0 Å². The molecule has 18 heavy (non-hydrogen) atoms. The summed E-state index contributed by atoms with van der Waals surface area (Å²) in [5.74, 6) is 0.543. The van der Waals surface area contributed by atoms with Crippen LogP contribution in [0.15, 0.2) is 23.1 Å². The number of nitrogens with zero attached hydrogens (tertiary/aromatic N) is 1. The smallest absolute Gasteiger partial charge is 0.232 e. The Kier molecular flexibility index (Phi) is 6.54. The maximum Gasteiger partial charge on any atom is 0.232 e. The van der Waals surface area contributed by atoms with E-state index in [2.05, 4.69) is 12.2 Å². The van der Waals surface area contributed by atoms with Gasteiger partial charge in [0.05, 0.1) is 5.75 Å². The predicted octanol–water partition coefficient (Wildman–Crippen LogP) is 2.63. The lowest BCUT2D eigenvalue weighted by molar-refractivity contribution is -0.125. The Morgan fingerprint density at radius 3 is 2.78 bits per heavy atom. The third-order valence-corrected chi connectivity index (χ3v) is 3.92. The third-order valence-electron chi connectivity index (χ3n) is 2.48. The molecule has 0 bridgehead atoms. The van der Waals surface area contributed by atoms with Gasteiger partial charge in [-0.2, -0.15) is 0 Å². The van der Waals surface area contributed by atoms with Crippen molar-refractivity contribution in [1.82, 2.24) is 10.2 Å². The molecule has 0 fully saturated rings. The molecule has 0 aromatic heterocycles. The minimum absolute atomic E-state index is 0.106. The van der Waals surface area contributed by atoms with E-state index in [1.807, 2.05) is 18.2 Å². The van der Waals surface area contributed by atoms with Gasteiger partial charge in [0.2, 0.25) is 5.91 Å². The van der Waals surface area contributed by atoms with Crippen LogP contribution in [-0.4, -0.2) is 37.2 Å². The van der Waals surface area contributed by atoms with E-state index in [1.54, 1.807) is 19.0 Å². The summed E-state index contributed by atoms with van der Waals surface area (Å²) in [6.45, 7) is 3.68. The van der Waals surface area contributed by atoms with Gasteiger partial charge in [-0.1, -0.05) is 24.6 Å². The Labute approximate surface area is 118 Å². The first-order valence-electron chi connectivity index (χ1n) is 5.87. The van der Waals surface area contributed by atoms with Crippen LogP contribution in [0.5, 0.6) is 0 Å². The van der Waals surface area contributed by atoms with Gasteiger partial charge in [0, 0.05) is 30.6 Å². The fourth-order valence-electron chi connectivity index (χ4n) is 1.36. The summed E-state index contributed by atoms with van der Waals surface area (Å²) in [5.41, 5.74) is 1.07. The molecule has 1 amide bonds. The third kappa shape index (κ3) is 4.52. The van der Waals surface area contributed by atoms with Gasteiger partial charge in [0.15, 0.2) is 0 Å². The zero-order valence-corrected chi connectivity index (χ0v) is 12.6. The van der Waals surface area contributed by atoms with E-state index in [4.69, 9.17) is 11.6 Å². The number of amides is 1. The average Bonchev–Trinajstić information content (AvgIpc) is 2.34. The molecule has 0 spiro atoms. The van der Waals surface area contributed by atoms with E-state index in [0.29, 0.717) is 5.75 Å². The molecule has 1 aromatic rings. The van der Waals surface area contributed by atoms with Crippen LogP contribution in [0.3, 0.4) is 0 Å². The number of thioether (sulfide) groups is 1. The van der Waals surface area contributed by atoms with E-state index < -0.39 is 0 Å². The number of benzene rings is 1. The van der Waals surface area contributed by atoms with Crippen molar-refractivity contribution >= 4 is 29.3 Å². The molecule has 1 rings (SSSR count). The summed E-state index contributed by atoms with van der Waals surface area (Å²) in [5, 5.41) is 4.01. The average molecular weight is 287 g/mol. The number of rotatable bonds is 6. The topological polar surface area (TPSA) is 32.3 Å². The molecule has 0 heterocycles. The lowest BCUT2D eigenvalue weighted by Crippen LogP contribution is -2.23. The molecule has 0 saturated carbocycles. The first-order chi connectivity index (χ1) is 8.56. The minimum Gasteiger partial charge on any atom is -0.348 e. The molecule has 0 aliphatic rings. The van der Waals surface area contributed by atoms with Crippen molar-refractivity contribution in [1.29, 1.82) is 0 Å². The fraction of sp³-hybridized carbons (Fsp3) is 0.462. The highest BCUT2D eigenvalue weighted by atomic mass is 35.5. The van der Waals surface area contributed by atoms with E-state index in [0.717, 1.165) is 28.6 Å². The Bertz CT molecular complexity index is 410. The Hall–Kier alpha value is -0.710. The van der Waals surface area contributed by atoms with Crippen LogP contribution in [0, 0.1) is 0 Å². The highest BCUT2D eigenvalue weighted by molar-refractivity contribution is 8.00.